The molecule has 4 rings (SSSR count). The Morgan fingerprint density at radius 1 is 1.17 bits per heavy atom. The summed E-state index contributed by atoms with van der Waals surface area (Å²) in [6, 6.07) is 10.8. The number of carbonyl (C=O) groups excluding carboxylic acids is 1. The third kappa shape index (κ3) is 4.07. The van der Waals surface area contributed by atoms with Crippen molar-refractivity contribution in [2.45, 2.75) is 25.6 Å². The molecule has 2 N–H and O–H groups in total. The van der Waals surface area contributed by atoms with Gasteiger partial charge >= 0.3 is 6.18 Å². The summed E-state index contributed by atoms with van der Waals surface area (Å²) in [5.74, 6) is 0.803. The van der Waals surface area contributed by atoms with E-state index in [0.717, 1.165) is 37.5 Å². The van der Waals surface area contributed by atoms with Crippen LogP contribution in [0.25, 0.3) is 0 Å². The number of benzene rings is 1. The Labute approximate surface area is 167 Å². The van der Waals surface area contributed by atoms with Crippen molar-refractivity contribution >= 4 is 17.4 Å². The van der Waals surface area contributed by atoms with E-state index in [1.54, 1.807) is 0 Å². The molecular formula is C21H25F3N4O+2. The summed E-state index contributed by atoms with van der Waals surface area (Å²) >= 11 is 0. The number of hydrogen-bond acceptors (Lipinski definition) is 2. The average Bonchev–Trinajstić information content (AvgIpc) is 3.04. The molecule has 8 heteroatoms. The van der Waals surface area contributed by atoms with E-state index in [-0.39, 0.29) is 11.9 Å². The largest absolute Gasteiger partial charge is 0.419 e. The number of alkyl halides is 3. The molecule has 2 aliphatic rings. The lowest BCUT2D eigenvalue weighted by atomic mass is 10.1. The third-order valence-corrected chi connectivity index (χ3v) is 5.81. The van der Waals surface area contributed by atoms with Crippen LogP contribution < -0.4 is 19.7 Å². The summed E-state index contributed by atoms with van der Waals surface area (Å²) in [5, 5.41) is 0. The molecule has 2 aromatic rings. The highest BCUT2D eigenvalue weighted by atomic mass is 19.4. The summed E-state index contributed by atoms with van der Waals surface area (Å²) in [4.78, 5) is 20.8. The predicted octanol–water partition coefficient (Wildman–Crippen LogP) is 1.20. The van der Waals surface area contributed by atoms with Crippen molar-refractivity contribution in [1.29, 1.82) is 0 Å². The average molecular weight is 406 g/mol. The second-order valence-electron chi connectivity index (χ2n) is 7.82. The van der Waals surface area contributed by atoms with Crippen LogP contribution in [0, 0.1) is 0 Å². The standard InChI is InChI=1S/C21H23F3N4O/c1-15-12-16-4-2-3-5-18(16)28(15)20(29)14-26-8-10-27(11-9-26)19-7-6-17(13-25-19)21(22,23)24/h2-7,13,15H,8-12,14H2,1H3/p+2/t15-/m1/s1. The zero-order valence-corrected chi connectivity index (χ0v) is 16.3. The number of nitrogens with zero attached hydrogens (tertiary/aromatic N) is 2. The van der Waals surface area contributed by atoms with Crippen LogP contribution in [0.3, 0.4) is 0 Å². The number of pyridine rings is 1. The van der Waals surface area contributed by atoms with Gasteiger partial charge in [-0.1, -0.05) is 18.2 Å². The number of nitrogens with one attached hydrogen (secondary N) is 2. The maximum absolute atomic E-state index is 12.9. The predicted molar refractivity (Wildman–Crippen MR) is 103 cm³/mol. The van der Waals surface area contributed by atoms with Crippen molar-refractivity contribution in [3.05, 3.63) is 53.7 Å². The lowest BCUT2D eigenvalue weighted by Crippen LogP contribution is -3.16. The first-order valence-corrected chi connectivity index (χ1v) is 9.90. The van der Waals surface area contributed by atoms with Crippen LogP contribution in [0.5, 0.6) is 0 Å². The van der Waals surface area contributed by atoms with Crippen molar-refractivity contribution in [2.24, 2.45) is 0 Å². The number of aromatic nitrogens is 1. The number of carbonyl (C=O) groups is 1. The highest BCUT2D eigenvalue weighted by Crippen LogP contribution is 2.31. The summed E-state index contributed by atoms with van der Waals surface area (Å²) in [5.41, 5.74) is 1.55. The summed E-state index contributed by atoms with van der Waals surface area (Å²) < 4.78 is 38.1. The van der Waals surface area contributed by atoms with Gasteiger partial charge in [0.15, 0.2) is 6.54 Å². The Balaban J connectivity index is 1.34. The van der Waals surface area contributed by atoms with Gasteiger partial charge in [0.25, 0.3) is 11.7 Å². The van der Waals surface area contributed by atoms with Crippen molar-refractivity contribution in [1.82, 2.24) is 0 Å². The van der Waals surface area contributed by atoms with Crippen LogP contribution in [0.2, 0.25) is 0 Å². The number of amides is 1. The van der Waals surface area contributed by atoms with Gasteiger partial charge < -0.3 is 9.80 Å². The number of quaternary nitrogens is 1. The molecule has 1 aromatic heterocycles. The van der Waals surface area contributed by atoms with Gasteiger partial charge in [-0.05, 0) is 31.0 Å². The van der Waals surface area contributed by atoms with E-state index < -0.39 is 11.7 Å². The smallest absolute Gasteiger partial charge is 0.321 e. The number of H-pyrrole nitrogens is 1. The van der Waals surface area contributed by atoms with Gasteiger partial charge in [0.05, 0.1) is 5.56 Å². The van der Waals surface area contributed by atoms with Gasteiger partial charge in [-0.25, -0.2) is 4.98 Å². The van der Waals surface area contributed by atoms with E-state index >= 15 is 0 Å². The topological polar surface area (TPSA) is 42.1 Å². The molecule has 0 saturated carbocycles. The van der Waals surface area contributed by atoms with Gasteiger partial charge in [-0.15, -0.1) is 0 Å². The molecule has 29 heavy (non-hydrogen) atoms. The third-order valence-electron chi connectivity index (χ3n) is 5.81. The van der Waals surface area contributed by atoms with Crippen LogP contribution in [-0.4, -0.2) is 44.7 Å². The highest BCUT2D eigenvalue weighted by Gasteiger charge is 2.35. The Morgan fingerprint density at radius 3 is 2.55 bits per heavy atom. The number of hydrogen-bond donors (Lipinski definition) is 1. The quantitative estimate of drug-likeness (QED) is 0.833. The van der Waals surface area contributed by atoms with Gasteiger partial charge in [0, 0.05) is 17.8 Å². The fraction of sp³-hybridized carbons (Fsp3) is 0.429. The molecule has 1 saturated heterocycles. The molecule has 2 aliphatic heterocycles. The molecule has 0 aliphatic carbocycles. The Bertz CT molecular complexity index is 876. The normalized spacial score (nSPS) is 20.1. The second kappa shape index (κ2) is 7.67. The summed E-state index contributed by atoms with van der Waals surface area (Å²) in [7, 11) is 0. The van der Waals surface area contributed by atoms with Crippen LogP contribution in [0.1, 0.15) is 18.1 Å². The first-order chi connectivity index (χ1) is 13.8. The van der Waals surface area contributed by atoms with Crippen molar-refractivity contribution in [2.75, 3.05) is 42.5 Å². The molecule has 0 radical (unpaired) electrons. The van der Waals surface area contributed by atoms with Gasteiger partial charge in [0.2, 0.25) is 0 Å². The minimum Gasteiger partial charge on any atom is -0.321 e. The molecule has 0 unspecified atom stereocenters. The van der Waals surface area contributed by atoms with Crippen LogP contribution >= 0.6 is 0 Å². The first kappa shape index (κ1) is 19.7. The van der Waals surface area contributed by atoms with Crippen molar-refractivity contribution in [3.63, 3.8) is 0 Å². The second-order valence-corrected chi connectivity index (χ2v) is 7.82. The van der Waals surface area contributed by atoms with E-state index in [4.69, 9.17) is 0 Å². The zero-order chi connectivity index (χ0) is 20.6. The first-order valence-electron chi connectivity index (χ1n) is 9.90. The molecule has 154 valence electrons. The zero-order valence-electron chi connectivity index (χ0n) is 16.3. The molecule has 0 spiro atoms. The van der Waals surface area contributed by atoms with E-state index in [9.17, 15) is 18.0 Å². The number of aromatic amines is 1. The fourth-order valence-electron chi connectivity index (χ4n) is 4.27. The lowest BCUT2D eigenvalue weighted by molar-refractivity contribution is -0.892. The number of piperazine rings is 1. The fourth-order valence-corrected chi connectivity index (χ4v) is 4.27. The molecule has 0 bridgehead atoms. The molecular weight excluding hydrogens is 381 g/mol. The number of halogens is 3. The number of fused-ring (bicyclic) bond motifs is 1. The number of anilines is 2. The van der Waals surface area contributed by atoms with Crippen LogP contribution in [0.4, 0.5) is 24.7 Å². The molecule has 1 fully saturated rings. The lowest BCUT2D eigenvalue weighted by Gasteiger charge is -2.30. The molecule has 5 nitrogen and oxygen atoms in total. The van der Waals surface area contributed by atoms with E-state index in [0.29, 0.717) is 25.5 Å². The van der Waals surface area contributed by atoms with Gasteiger partial charge in [-0.3, -0.25) is 9.69 Å². The molecule has 1 atom stereocenters. The SMILES string of the molecule is C[C@@H]1Cc2ccccc2N1C(=O)C[NH+]1CCN(c2ccc(C(F)(F)F)c[nH+]2)CC1. The Morgan fingerprint density at radius 2 is 1.90 bits per heavy atom. The van der Waals surface area contributed by atoms with Gasteiger partial charge in [0.1, 0.15) is 32.4 Å². The van der Waals surface area contributed by atoms with Gasteiger partial charge in [-0.2, -0.15) is 13.2 Å². The number of para-hydroxylation sites is 1. The molecule has 1 aromatic carbocycles. The highest BCUT2D eigenvalue weighted by molar-refractivity contribution is 5.96. The maximum Gasteiger partial charge on any atom is 0.419 e. The summed E-state index contributed by atoms with van der Waals surface area (Å²) in [6.07, 6.45) is -2.46. The maximum atomic E-state index is 12.9. The van der Waals surface area contributed by atoms with Crippen molar-refractivity contribution in [3.8, 4) is 0 Å². The molecule has 1 amide bonds. The van der Waals surface area contributed by atoms with E-state index in [1.165, 1.54) is 16.5 Å². The monoisotopic (exact) mass is 406 g/mol. The van der Waals surface area contributed by atoms with Crippen LogP contribution in [-0.2, 0) is 17.4 Å². The van der Waals surface area contributed by atoms with E-state index in [1.807, 2.05) is 28.0 Å². The van der Waals surface area contributed by atoms with Crippen molar-refractivity contribution < 1.29 is 27.8 Å². The molecule has 3 heterocycles. The van der Waals surface area contributed by atoms with E-state index in [2.05, 4.69) is 18.0 Å². The van der Waals surface area contributed by atoms with Crippen LogP contribution in [0.15, 0.2) is 42.6 Å². The minimum atomic E-state index is -4.34. The number of rotatable bonds is 3. The Kier molecular flexibility index (Phi) is 5.21. The Hall–Kier alpha value is -2.61. The minimum absolute atomic E-state index is 0.131. The summed E-state index contributed by atoms with van der Waals surface area (Å²) in [6.45, 7) is 5.43.